The molecule has 1 N–H and O–H groups in total. The van der Waals surface area contributed by atoms with Crippen molar-refractivity contribution in [1.82, 2.24) is 13.9 Å². The summed E-state index contributed by atoms with van der Waals surface area (Å²) in [6.45, 7) is -0.0563. The number of halogens is 3. The third-order valence-electron chi connectivity index (χ3n) is 8.73. The highest BCUT2D eigenvalue weighted by Crippen LogP contribution is 2.64. The summed E-state index contributed by atoms with van der Waals surface area (Å²) in [5.41, 5.74) is -0.297. The number of hydrogen-bond donors (Lipinski definition) is 1. The Morgan fingerprint density at radius 1 is 0.909 bits per heavy atom. The molecule has 13 heteroatoms. The first-order chi connectivity index (χ1) is 21.0. The van der Waals surface area contributed by atoms with Gasteiger partial charge in [-0.05, 0) is 48.0 Å². The van der Waals surface area contributed by atoms with Gasteiger partial charge >= 0.3 is 11.4 Å². The van der Waals surface area contributed by atoms with E-state index in [1.165, 1.54) is 40.7 Å². The molecule has 0 radical (unpaired) electrons. The van der Waals surface area contributed by atoms with Crippen LogP contribution in [0.15, 0.2) is 94.0 Å². The van der Waals surface area contributed by atoms with Gasteiger partial charge in [0.05, 0.1) is 31.1 Å². The number of aromatic nitrogens is 3. The van der Waals surface area contributed by atoms with Crippen LogP contribution in [0, 0.1) is 5.82 Å². The maximum Gasteiger partial charge on any atom is 0.352 e. The van der Waals surface area contributed by atoms with Gasteiger partial charge in [-0.3, -0.25) is 9.59 Å². The topological polar surface area (TPSA) is 116 Å². The van der Waals surface area contributed by atoms with Gasteiger partial charge in [0, 0.05) is 24.0 Å². The van der Waals surface area contributed by atoms with Crippen molar-refractivity contribution in [1.29, 1.82) is 0 Å². The number of methoxy groups -OCH3 is 1. The number of amides is 2. The van der Waals surface area contributed by atoms with Crippen molar-refractivity contribution < 1.29 is 23.8 Å². The molecular weight excluding hydrogens is 614 g/mol. The summed E-state index contributed by atoms with van der Waals surface area (Å²) in [6, 6.07) is 16.5. The van der Waals surface area contributed by atoms with Gasteiger partial charge < -0.3 is 9.84 Å². The van der Waals surface area contributed by atoms with Crippen molar-refractivity contribution in [3.8, 4) is 17.2 Å². The number of anilines is 1. The molecule has 10 nitrogen and oxygen atoms in total. The lowest BCUT2D eigenvalue weighted by Gasteiger charge is -2.49. The van der Waals surface area contributed by atoms with E-state index in [4.69, 9.17) is 27.9 Å². The number of aromatic hydroxyl groups is 1. The molecule has 0 spiro atoms. The van der Waals surface area contributed by atoms with Gasteiger partial charge in [-0.25, -0.2) is 32.8 Å². The number of imide groups is 1. The smallest absolute Gasteiger partial charge is 0.352 e. The Kier molecular flexibility index (Phi) is 6.21. The molecule has 224 valence electrons. The predicted octanol–water partition coefficient (Wildman–Crippen LogP) is 3.85. The minimum atomic E-state index is -2.19. The predicted molar refractivity (Wildman–Crippen MR) is 159 cm³/mol. The van der Waals surface area contributed by atoms with Gasteiger partial charge in [0.15, 0.2) is 9.75 Å². The van der Waals surface area contributed by atoms with Crippen molar-refractivity contribution in [2.75, 3.05) is 12.0 Å². The SMILES string of the molecule is COc1ccc([C@H]2C3=CCn4c(=O)n(-c5ccccc5)c(=O)n4[C@@H]3C[C@@]3(Cl)C(=O)N(c4ccc(F)cc4)C(=O)[C@@]23Cl)c(O)c1. The number of para-hydroxylation sites is 1. The zero-order chi connectivity index (χ0) is 31.1. The summed E-state index contributed by atoms with van der Waals surface area (Å²) < 4.78 is 22.5. The molecule has 7 rings (SSSR count). The fraction of sp³-hybridized carbons (Fsp3) is 0.226. The van der Waals surface area contributed by atoms with E-state index in [-0.39, 0.29) is 30.0 Å². The van der Waals surface area contributed by atoms with Crippen LogP contribution in [0.2, 0.25) is 0 Å². The number of nitrogens with zero attached hydrogens (tertiary/aromatic N) is 4. The van der Waals surface area contributed by atoms with Crippen molar-refractivity contribution in [2.45, 2.75) is 34.7 Å². The Labute approximate surface area is 258 Å². The lowest BCUT2D eigenvalue weighted by Crippen LogP contribution is -2.59. The first-order valence-corrected chi connectivity index (χ1v) is 14.4. The fourth-order valence-electron chi connectivity index (χ4n) is 6.70. The average Bonchev–Trinajstić information content (AvgIpc) is 3.36. The van der Waals surface area contributed by atoms with Crippen molar-refractivity contribution >= 4 is 40.7 Å². The number of alkyl halides is 2. The Bertz CT molecular complexity index is 2020. The van der Waals surface area contributed by atoms with E-state index < -0.39 is 50.7 Å². The number of carbonyl (C=O) groups is 2. The Hall–Kier alpha value is -4.61. The first-order valence-electron chi connectivity index (χ1n) is 13.6. The van der Waals surface area contributed by atoms with E-state index in [1.807, 2.05) is 0 Å². The van der Waals surface area contributed by atoms with Crippen LogP contribution in [0.5, 0.6) is 11.5 Å². The highest BCUT2D eigenvalue weighted by molar-refractivity contribution is 6.58. The molecule has 1 saturated carbocycles. The van der Waals surface area contributed by atoms with Crippen molar-refractivity contribution in [3.63, 3.8) is 0 Å². The fourth-order valence-corrected chi connectivity index (χ4v) is 7.61. The lowest BCUT2D eigenvalue weighted by molar-refractivity contribution is -0.122. The largest absolute Gasteiger partial charge is 0.508 e. The molecule has 1 aromatic heterocycles. The number of benzene rings is 3. The molecule has 1 aliphatic carbocycles. The lowest BCUT2D eigenvalue weighted by atomic mass is 9.64. The number of rotatable bonds is 4. The number of allylic oxidation sites excluding steroid dienone is 2. The molecule has 1 saturated heterocycles. The van der Waals surface area contributed by atoms with E-state index in [9.17, 15) is 28.7 Å². The van der Waals surface area contributed by atoms with Crippen molar-refractivity contribution in [3.05, 3.63) is 117 Å². The number of hydrogen-bond acceptors (Lipinski definition) is 6. The van der Waals surface area contributed by atoms with Gasteiger partial charge in [-0.1, -0.05) is 30.3 Å². The number of carbonyl (C=O) groups excluding carboxylic acids is 2. The number of ether oxygens (including phenoxy) is 1. The molecule has 3 heterocycles. The summed E-state index contributed by atoms with van der Waals surface area (Å²) >= 11 is 14.6. The van der Waals surface area contributed by atoms with E-state index in [2.05, 4.69) is 0 Å². The van der Waals surface area contributed by atoms with E-state index in [0.29, 0.717) is 17.0 Å². The third kappa shape index (κ3) is 3.59. The molecule has 2 amide bonds. The standard InChI is InChI=1S/C31H23Cl2FN4O6/c1-44-20-11-12-22(24(39)15-20)25-21-13-14-35-28(42)37(18-5-3-2-4-6-18)29(43)38(35)23(21)16-30(32)26(40)36(27(41)31(25,30)33)19-9-7-17(34)8-10-19/h2-13,15,23,25,39H,14,16H2,1H3/t23-,25-,30-,31+/m1/s1. The Balaban J connectivity index is 1.48. The summed E-state index contributed by atoms with van der Waals surface area (Å²) in [4.78, 5) is 52.5. The normalized spacial score (nSPS) is 25.7. The monoisotopic (exact) mass is 636 g/mol. The van der Waals surface area contributed by atoms with Crippen LogP contribution in [0.3, 0.4) is 0 Å². The minimum absolute atomic E-state index is 0.0508. The van der Waals surface area contributed by atoms with Crippen LogP contribution < -0.4 is 21.0 Å². The molecule has 0 unspecified atom stereocenters. The van der Waals surface area contributed by atoms with Crippen LogP contribution in [-0.2, 0) is 16.1 Å². The molecule has 3 aromatic carbocycles. The van der Waals surface area contributed by atoms with Gasteiger partial charge in [0.25, 0.3) is 11.8 Å². The van der Waals surface area contributed by atoms with Gasteiger partial charge in [0.2, 0.25) is 0 Å². The number of phenolic OH excluding ortho intramolecular Hbond substituents is 1. The maximum absolute atomic E-state index is 14.3. The Morgan fingerprint density at radius 3 is 2.27 bits per heavy atom. The minimum Gasteiger partial charge on any atom is -0.508 e. The molecular formula is C31H23Cl2FN4O6. The molecule has 0 bridgehead atoms. The number of fused-ring (bicyclic) bond motifs is 4. The molecule has 4 aromatic rings. The van der Waals surface area contributed by atoms with E-state index in [1.54, 1.807) is 42.5 Å². The summed E-state index contributed by atoms with van der Waals surface area (Å²) in [5, 5.41) is 11.2. The number of phenols is 1. The highest BCUT2D eigenvalue weighted by atomic mass is 35.5. The van der Waals surface area contributed by atoms with E-state index in [0.717, 1.165) is 21.6 Å². The first kappa shape index (κ1) is 28.2. The Morgan fingerprint density at radius 2 is 1.61 bits per heavy atom. The van der Waals surface area contributed by atoms with E-state index >= 15 is 0 Å². The molecule has 3 aliphatic rings. The van der Waals surface area contributed by atoms with Gasteiger partial charge in [-0.15, -0.1) is 23.2 Å². The zero-order valence-electron chi connectivity index (χ0n) is 23.0. The second-order valence-electron chi connectivity index (χ2n) is 10.9. The second kappa shape index (κ2) is 9.70. The van der Waals surface area contributed by atoms with Crippen LogP contribution in [0.25, 0.3) is 5.69 Å². The van der Waals surface area contributed by atoms with Gasteiger partial charge in [0.1, 0.15) is 17.3 Å². The molecule has 4 atom stereocenters. The van der Waals surface area contributed by atoms with Gasteiger partial charge in [-0.2, -0.15) is 0 Å². The molecule has 2 fully saturated rings. The third-order valence-corrected chi connectivity index (χ3v) is 10.1. The molecule has 44 heavy (non-hydrogen) atoms. The zero-order valence-corrected chi connectivity index (χ0v) is 24.5. The van der Waals surface area contributed by atoms with Crippen molar-refractivity contribution in [2.24, 2.45) is 0 Å². The van der Waals surface area contributed by atoms with Crippen LogP contribution in [0.4, 0.5) is 10.1 Å². The highest BCUT2D eigenvalue weighted by Gasteiger charge is 2.76. The average molecular weight is 637 g/mol. The summed E-state index contributed by atoms with van der Waals surface area (Å²) in [6.07, 6.45) is 1.34. The summed E-state index contributed by atoms with van der Waals surface area (Å²) in [5.74, 6) is -3.52. The van der Waals surface area contributed by atoms with Crippen LogP contribution >= 0.6 is 23.2 Å². The van der Waals surface area contributed by atoms with Crippen LogP contribution in [0.1, 0.15) is 23.9 Å². The van der Waals surface area contributed by atoms with Crippen LogP contribution in [-0.4, -0.2) is 47.7 Å². The maximum atomic E-state index is 14.3. The summed E-state index contributed by atoms with van der Waals surface area (Å²) in [7, 11) is 1.42. The quantitative estimate of drug-likeness (QED) is 0.207. The second-order valence-corrected chi connectivity index (χ2v) is 12.1. The molecule has 2 aliphatic heterocycles.